The zero-order chi connectivity index (χ0) is 21.6. The topological polar surface area (TPSA) is 138 Å². The number of nitrogens with zero attached hydrogens (tertiary/aromatic N) is 4. The maximum Gasteiger partial charge on any atom is 0.375 e. The van der Waals surface area contributed by atoms with Crippen molar-refractivity contribution in [1.29, 1.82) is 0 Å². The van der Waals surface area contributed by atoms with Crippen LogP contribution >= 0.6 is 0 Å². The number of benzene rings is 1. The molecule has 0 unspecified atom stereocenters. The Hall–Kier alpha value is -3.70. The number of pyridine rings is 1. The van der Waals surface area contributed by atoms with Crippen LogP contribution in [0.25, 0.3) is 10.9 Å². The van der Waals surface area contributed by atoms with Crippen LogP contribution in [0, 0.1) is 15.9 Å². The van der Waals surface area contributed by atoms with E-state index in [1.165, 1.54) is 17.2 Å². The Balaban J connectivity index is 1.67. The van der Waals surface area contributed by atoms with Gasteiger partial charge < -0.3 is 19.5 Å². The lowest BCUT2D eigenvalue weighted by molar-refractivity contribution is -0.528. The van der Waals surface area contributed by atoms with E-state index in [4.69, 9.17) is 0 Å². The van der Waals surface area contributed by atoms with E-state index in [2.05, 4.69) is 0 Å². The van der Waals surface area contributed by atoms with Crippen LogP contribution in [0.4, 0.5) is 14.9 Å². The van der Waals surface area contributed by atoms with E-state index in [9.17, 15) is 34.0 Å². The Morgan fingerprint density at radius 1 is 1.20 bits per heavy atom. The number of rotatable bonds is 4. The molecule has 0 bridgehead atoms. The summed E-state index contributed by atoms with van der Waals surface area (Å²) in [5, 5.41) is 18.8. The Bertz CT molecular complexity index is 1120. The molecule has 2 fully saturated rings. The monoisotopic (exact) mass is 419 g/mol. The van der Waals surface area contributed by atoms with Crippen molar-refractivity contribution >= 4 is 28.6 Å². The zero-order valence-electron chi connectivity index (χ0n) is 15.7. The van der Waals surface area contributed by atoms with Crippen LogP contribution in [-0.2, 0) is 0 Å². The number of amides is 2. The number of aromatic nitrogens is 1. The van der Waals surface area contributed by atoms with Gasteiger partial charge in [0.15, 0.2) is 5.03 Å². The molecular weight excluding hydrogens is 401 g/mol. The van der Waals surface area contributed by atoms with Gasteiger partial charge in [-0.1, -0.05) is 5.43 Å². The molecule has 0 atom stereocenters. The van der Waals surface area contributed by atoms with Gasteiger partial charge in [0.1, 0.15) is 11.4 Å². The number of hydrogen-bond donors (Lipinski definition) is 2. The molecule has 11 nitrogen and oxygen atoms in total. The number of fused-ring (bicyclic) bond motifs is 1. The van der Waals surface area contributed by atoms with Crippen LogP contribution in [0.3, 0.4) is 0 Å². The third-order valence-electron chi connectivity index (χ3n) is 5.37. The van der Waals surface area contributed by atoms with Gasteiger partial charge in [-0.3, -0.25) is 4.79 Å². The maximum atomic E-state index is 14.9. The summed E-state index contributed by atoms with van der Waals surface area (Å²) >= 11 is 0. The van der Waals surface area contributed by atoms with Crippen LogP contribution in [0.5, 0.6) is 0 Å². The number of nitro groups is 1. The number of urea groups is 1. The summed E-state index contributed by atoms with van der Waals surface area (Å²) in [4.78, 5) is 49.1. The van der Waals surface area contributed by atoms with Crippen molar-refractivity contribution in [2.45, 2.75) is 18.9 Å². The highest BCUT2D eigenvalue weighted by Gasteiger charge is 2.29. The minimum Gasteiger partial charge on any atom is -0.477 e. The molecule has 158 valence electrons. The van der Waals surface area contributed by atoms with Crippen LogP contribution in [-0.4, -0.2) is 57.8 Å². The number of halogens is 1. The molecule has 1 aromatic heterocycles. The van der Waals surface area contributed by atoms with Gasteiger partial charge in [-0.05, 0) is 25.0 Å². The molecule has 1 aliphatic carbocycles. The fourth-order valence-electron chi connectivity index (χ4n) is 3.71. The Morgan fingerprint density at radius 2 is 1.87 bits per heavy atom. The summed E-state index contributed by atoms with van der Waals surface area (Å²) in [5.74, 6) is -2.03. The van der Waals surface area contributed by atoms with Gasteiger partial charge in [0, 0.05) is 43.8 Å². The number of hydrazine groups is 1. The first-order valence-corrected chi connectivity index (χ1v) is 9.33. The summed E-state index contributed by atoms with van der Waals surface area (Å²) in [6.07, 6.45) is 2.99. The van der Waals surface area contributed by atoms with Gasteiger partial charge >= 0.3 is 12.0 Å². The molecule has 2 heterocycles. The highest BCUT2D eigenvalue weighted by molar-refractivity contribution is 5.93. The first kappa shape index (κ1) is 19.6. The fourth-order valence-corrected chi connectivity index (χ4v) is 3.71. The Morgan fingerprint density at radius 3 is 2.43 bits per heavy atom. The standard InChI is InChI=1S/C18H18FN5O6/c19-13-7-11-14(23(10-1-2-10)9-12(16(11)25)17(26)27)8-15(13)21-3-5-22(6-4-21)18(28)20-24(29)30/h7-10H,1-6H2,(H,20,28)(H,26,27). The molecule has 2 aromatic rings. The van der Waals surface area contributed by atoms with Crippen molar-refractivity contribution in [1.82, 2.24) is 14.9 Å². The highest BCUT2D eigenvalue weighted by atomic mass is 19.1. The van der Waals surface area contributed by atoms with Crippen molar-refractivity contribution < 1.29 is 24.1 Å². The van der Waals surface area contributed by atoms with Gasteiger partial charge in [-0.2, -0.15) is 0 Å². The zero-order valence-corrected chi connectivity index (χ0v) is 15.7. The van der Waals surface area contributed by atoms with E-state index < -0.39 is 33.8 Å². The third-order valence-corrected chi connectivity index (χ3v) is 5.37. The van der Waals surface area contributed by atoms with Crippen molar-refractivity contribution in [3.63, 3.8) is 0 Å². The van der Waals surface area contributed by atoms with E-state index in [-0.39, 0.29) is 43.3 Å². The number of nitrogens with one attached hydrogen (secondary N) is 1. The molecule has 0 radical (unpaired) electrons. The smallest absolute Gasteiger partial charge is 0.375 e. The van der Waals surface area contributed by atoms with Crippen LogP contribution in [0.2, 0.25) is 0 Å². The molecule has 2 N–H and O–H groups in total. The lowest BCUT2D eigenvalue weighted by Crippen LogP contribution is -2.53. The van der Waals surface area contributed by atoms with Gasteiger partial charge in [-0.25, -0.2) is 24.1 Å². The lowest BCUT2D eigenvalue weighted by Gasteiger charge is -2.35. The summed E-state index contributed by atoms with van der Waals surface area (Å²) < 4.78 is 16.6. The quantitative estimate of drug-likeness (QED) is 0.561. The average molecular weight is 419 g/mol. The maximum absolute atomic E-state index is 14.9. The molecule has 1 aliphatic heterocycles. The summed E-state index contributed by atoms with van der Waals surface area (Å²) in [5.41, 5.74) is 1.14. The largest absolute Gasteiger partial charge is 0.477 e. The molecule has 1 saturated carbocycles. The number of carboxylic acids is 1. The van der Waals surface area contributed by atoms with Crippen molar-refractivity contribution in [3.05, 3.63) is 50.0 Å². The first-order chi connectivity index (χ1) is 14.3. The molecule has 1 aromatic carbocycles. The second-order valence-corrected chi connectivity index (χ2v) is 7.28. The summed E-state index contributed by atoms with van der Waals surface area (Å²) in [6.45, 7) is 0.804. The van der Waals surface area contributed by atoms with Crippen LogP contribution in [0.1, 0.15) is 29.2 Å². The predicted octanol–water partition coefficient (Wildman–Crippen LogP) is 1.20. The van der Waals surface area contributed by atoms with Crippen molar-refractivity contribution in [2.24, 2.45) is 0 Å². The second-order valence-electron chi connectivity index (χ2n) is 7.28. The van der Waals surface area contributed by atoms with E-state index in [0.717, 1.165) is 18.9 Å². The number of anilines is 1. The van der Waals surface area contributed by atoms with E-state index in [1.807, 2.05) is 0 Å². The molecule has 1 saturated heterocycles. The van der Waals surface area contributed by atoms with E-state index in [0.29, 0.717) is 5.52 Å². The molecule has 12 heteroatoms. The van der Waals surface area contributed by atoms with Gasteiger partial charge in [0.2, 0.25) is 5.43 Å². The Kier molecular flexibility index (Phi) is 4.76. The molecule has 4 rings (SSSR count). The lowest BCUT2D eigenvalue weighted by atomic mass is 10.1. The minimum atomic E-state index is -1.36. The SMILES string of the molecule is O=C(O)c1cn(C2CC2)c2cc(N3CCN(C(=O)N[N+](=O)[O-])CC3)c(F)cc2c1=O. The van der Waals surface area contributed by atoms with E-state index in [1.54, 1.807) is 14.9 Å². The number of hydrogen-bond acceptors (Lipinski definition) is 6. The minimum absolute atomic E-state index is 0.00652. The third kappa shape index (κ3) is 3.51. The van der Waals surface area contributed by atoms with Gasteiger partial charge in [-0.15, -0.1) is 0 Å². The number of carbonyl (C=O) groups excluding carboxylic acids is 1. The van der Waals surface area contributed by atoms with Crippen molar-refractivity contribution in [2.75, 3.05) is 31.1 Å². The first-order valence-electron chi connectivity index (χ1n) is 9.33. The van der Waals surface area contributed by atoms with Gasteiger partial charge in [0.05, 0.1) is 11.2 Å². The highest BCUT2D eigenvalue weighted by Crippen LogP contribution is 2.38. The Labute approximate surface area is 168 Å². The molecular formula is C18H18FN5O6. The van der Waals surface area contributed by atoms with E-state index >= 15 is 0 Å². The van der Waals surface area contributed by atoms with Crippen LogP contribution in [0.15, 0.2) is 23.1 Å². The number of piperazine rings is 1. The van der Waals surface area contributed by atoms with Gasteiger partial charge in [0.25, 0.3) is 0 Å². The normalized spacial score (nSPS) is 16.6. The van der Waals surface area contributed by atoms with Crippen molar-refractivity contribution in [3.8, 4) is 0 Å². The number of carbonyl (C=O) groups is 2. The molecule has 0 spiro atoms. The average Bonchev–Trinajstić information content (AvgIpc) is 3.53. The number of aromatic carboxylic acids is 1. The summed E-state index contributed by atoms with van der Waals surface area (Å²) in [7, 11) is 0. The number of carboxylic acid groups (broad SMARTS) is 1. The molecule has 2 amide bonds. The molecule has 2 aliphatic rings. The molecule has 30 heavy (non-hydrogen) atoms. The summed E-state index contributed by atoms with van der Waals surface area (Å²) in [6, 6.07) is 1.82. The fraction of sp³-hybridized carbons (Fsp3) is 0.389. The second kappa shape index (κ2) is 7.28. The van der Waals surface area contributed by atoms with Crippen LogP contribution < -0.4 is 15.8 Å². The predicted molar refractivity (Wildman–Crippen MR) is 103 cm³/mol.